The number of carbonyl (C=O) groups is 1. The van der Waals surface area contributed by atoms with Crippen molar-refractivity contribution >= 4 is 17.4 Å². The Morgan fingerprint density at radius 3 is 2.52 bits per heavy atom. The highest BCUT2D eigenvalue weighted by Gasteiger charge is 2.34. The van der Waals surface area contributed by atoms with Gasteiger partial charge in [0.05, 0.1) is 5.56 Å². The molecule has 9 heteroatoms. The molecule has 4 rings (SSSR count). The summed E-state index contributed by atoms with van der Waals surface area (Å²) >= 11 is 0. The second-order valence-electron chi connectivity index (χ2n) is 7.17. The monoisotopic (exact) mass is 403 g/mol. The van der Waals surface area contributed by atoms with Crippen molar-refractivity contribution in [1.82, 2.24) is 19.7 Å². The molecule has 0 aromatic carbocycles. The van der Waals surface area contributed by atoms with Gasteiger partial charge in [-0.3, -0.25) is 14.2 Å². The number of hydrogen-bond donors (Lipinski definition) is 2. The zero-order chi connectivity index (χ0) is 20.4. The normalized spacial score (nSPS) is 19.8. The van der Waals surface area contributed by atoms with Crippen molar-refractivity contribution in [1.29, 1.82) is 0 Å². The standard InChI is InChI=1S/C20H20F3N5O/c21-20(22,23)16-12-28-17(4-1-5-18(28)27-16)25-14-6-8-15(9-7-14)26-19(29)13-3-2-10-24-11-13/h1-5,10-12,14-15,25H,6-9H2,(H,26,29)/t14-,15+. The first-order valence-electron chi connectivity index (χ1n) is 9.43. The SMILES string of the molecule is O=C(N[C@H]1CC[C@@H](Nc2cccc3nc(C(F)(F)F)cn23)CC1)c1cccnc1. The van der Waals surface area contributed by atoms with E-state index in [1.165, 1.54) is 10.6 Å². The first-order valence-corrected chi connectivity index (χ1v) is 9.43. The largest absolute Gasteiger partial charge is 0.434 e. The summed E-state index contributed by atoms with van der Waals surface area (Å²) in [6.45, 7) is 0. The van der Waals surface area contributed by atoms with Crippen molar-refractivity contribution in [3.63, 3.8) is 0 Å². The number of fused-ring (bicyclic) bond motifs is 1. The van der Waals surface area contributed by atoms with Crippen LogP contribution in [-0.4, -0.2) is 32.4 Å². The number of rotatable bonds is 4. The molecule has 3 heterocycles. The maximum atomic E-state index is 13.0. The average Bonchev–Trinajstić information content (AvgIpc) is 3.16. The molecule has 0 spiro atoms. The van der Waals surface area contributed by atoms with Gasteiger partial charge < -0.3 is 10.6 Å². The molecule has 0 bridgehead atoms. The Bertz CT molecular complexity index is 994. The lowest BCUT2D eigenvalue weighted by Crippen LogP contribution is -2.40. The van der Waals surface area contributed by atoms with Crippen LogP contribution in [0.5, 0.6) is 0 Å². The smallest absolute Gasteiger partial charge is 0.368 e. The Hall–Kier alpha value is -3.10. The highest BCUT2D eigenvalue weighted by molar-refractivity contribution is 5.94. The molecule has 3 aromatic rings. The summed E-state index contributed by atoms with van der Waals surface area (Å²) in [5.74, 6) is 0.436. The fourth-order valence-corrected chi connectivity index (χ4v) is 3.62. The molecule has 0 unspecified atom stereocenters. The minimum absolute atomic E-state index is 0.0709. The summed E-state index contributed by atoms with van der Waals surface area (Å²) in [6.07, 6.45) is 2.86. The van der Waals surface area contributed by atoms with Crippen LogP contribution in [0, 0.1) is 0 Å². The molecule has 3 aromatic heterocycles. The van der Waals surface area contributed by atoms with Gasteiger partial charge in [0, 0.05) is 30.7 Å². The van der Waals surface area contributed by atoms with Crippen molar-refractivity contribution in [3.8, 4) is 0 Å². The van der Waals surface area contributed by atoms with E-state index in [0.717, 1.165) is 31.9 Å². The molecule has 0 radical (unpaired) electrons. The van der Waals surface area contributed by atoms with Gasteiger partial charge in [0.1, 0.15) is 11.5 Å². The average molecular weight is 403 g/mol. The maximum absolute atomic E-state index is 13.0. The van der Waals surface area contributed by atoms with Crippen LogP contribution in [0.1, 0.15) is 41.7 Å². The third kappa shape index (κ3) is 4.33. The third-order valence-corrected chi connectivity index (χ3v) is 5.12. The number of carbonyl (C=O) groups excluding carboxylic acids is 1. The molecule has 152 valence electrons. The van der Waals surface area contributed by atoms with Gasteiger partial charge >= 0.3 is 6.18 Å². The van der Waals surface area contributed by atoms with Gasteiger partial charge in [0.15, 0.2) is 5.69 Å². The molecule has 2 N–H and O–H groups in total. The van der Waals surface area contributed by atoms with E-state index < -0.39 is 11.9 Å². The van der Waals surface area contributed by atoms with Gasteiger partial charge in [-0.25, -0.2) is 4.98 Å². The van der Waals surface area contributed by atoms with Gasteiger partial charge in [0.2, 0.25) is 0 Å². The van der Waals surface area contributed by atoms with Crippen LogP contribution in [-0.2, 0) is 6.18 Å². The number of halogens is 3. The second kappa shape index (κ2) is 7.73. The molecule has 1 aliphatic carbocycles. The number of nitrogens with one attached hydrogen (secondary N) is 2. The first kappa shape index (κ1) is 19.2. The van der Waals surface area contributed by atoms with Crippen LogP contribution >= 0.6 is 0 Å². The Morgan fingerprint density at radius 1 is 1.07 bits per heavy atom. The Balaban J connectivity index is 1.37. The first-order chi connectivity index (χ1) is 13.9. The molecule has 1 saturated carbocycles. The fourth-order valence-electron chi connectivity index (χ4n) is 3.62. The summed E-state index contributed by atoms with van der Waals surface area (Å²) in [5.41, 5.74) is -0.131. The second-order valence-corrected chi connectivity index (χ2v) is 7.17. The molecule has 1 aliphatic rings. The summed E-state index contributed by atoms with van der Waals surface area (Å²) < 4.78 is 40.3. The Morgan fingerprint density at radius 2 is 1.83 bits per heavy atom. The van der Waals surface area contributed by atoms with Crippen molar-refractivity contribution in [2.45, 2.75) is 43.9 Å². The molecule has 0 atom stereocenters. The van der Waals surface area contributed by atoms with Crippen molar-refractivity contribution in [3.05, 3.63) is 60.2 Å². The number of imidazole rings is 1. The van der Waals surface area contributed by atoms with Crippen LogP contribution in [0.4, 0.5) is 19.0 Å². The van der Waals surface area contributed by atoms with Gasteiger partial charge in [-0.15, -0.1) is 0 Å². The van der Waals surface area contributed by atoms with Gasteiger partial charge in [-0.05, 0) is 49.9 Å². The number of nitrogens with zero attached hydrogens (tertiary/aromatic N) is 3. The topological polar surface area (TPSA) is 71.3 Å². The molecule has 1 amide bonds. The van der Waals surface area contributed by atoms with E-state index in [-0.39, 0.29) is 23.6 Å². The van der Waals surface area contributed by atoms with Gasteiger partial charge in [-0.1, -0.05) is 6.07 Å². The molecule has 6 nitrogen and oxygen atoms in total. The molecular weight excluding hydrogens is 383 g/mol. The number of hydrogen-bond acceptors (Lipinski definition) is 4. The van der Waals surface area contributed by atoms with Gasteiger partial charge in [0.25, 0.3) is 5.91 Å². The van der Waals surface area contributed by atoms with Crippen LogP contribution < -0.4 is 10.6 Å². The molecule has 29 heavy (non-hydrogen) atoms. The van der Waals surface area contributed by atoms with E-state index >= 15 is 0 Å². The third-order valence-electron chi connectivity index (χ3n) is 5.12. The maximum Gasteiger partial charge on any atom is 0.434 e. The minimum atomic E-state index is -4.48. The number of aromatic nitrogens is 3. The van der Waals surface area contributed by atoms with Crippen LogP contribution in [0.3, 0.4) is 0 Å². The summed E-state index contributed by atoms with van der Waals surface area (Å²) in [7, 11) is 0. The zero-order valence-corrected chi connectivity index (χ0v) is 15.5. The predicted molar refractivity (Wildman–Crippen MR) is 102 cm³/mol. The fraction of sp³-hybridized carbons (Fsp3) is 0.350. The van der Waals surface area contributed by atoms with Crippen molar-refractivity contribution in [2.24, 2.45) is 0 Å². The van der Waals surface area contributed by atoms with Gasteiger partial charge in [-0.2, -0.15) is 13.2 Å². The van der Waals surface area contributed by atoms with Crippen LogP contribution in [0.25, 0.3) is 5.65 Å². The number of alkyl halides is 3. The lowest BCUT2D eigenvalue weighted by atomic mass is 9.91. The molecular formula is C20H20F3N5O. The van der Waals surface area contributed by atoms with Crippen LogP contribution in [0.2, 0.25) is 0 Å². The lowest BCUT2D eigenvalue weighted by molar-refractivity contribution is -0.140. The predicted octanol–water partition coefficient (Wildman–Crippen LogP) is 3.90. The van der Waals surface area contributed by atoms with E-state index in [0.29, 0.717) is 11.4 Å². The molecule has 1 fully saturated rings. The number of anilines is 1. The van der Waals surface area contributed by atoms with Crippen LogP contribution in [0.15, 0.2) is 48.9 Å². The number of amides is 1. The lowest BCUT2D eigenvalue weighted by Gasteiger charge is -2.30. The van der Waals surface area contributed by atoms with E-state index in [2.05, 4.69) is 20.6 Å². The summed E-state index contributed by atoms with van der Waals surface area (Å²) in [5, 5.41) is 6.35. The highest BCUT2D eigenvalue weighted by Crippen LogP contribution is 2.30. The van der Waals surface area contributed by atoms with Crippen molar-refractivity contribution in [2.75, 3.05) is 5.32 Å². The molecule has 0 aliphatic heterocycles. The summed E-state index contributed by atoms with van der Waals surface area (Å²) in [4.78, 5) is 19.9. The minimum Gasteiger partial charge on any atom is -0.368 e. The molecule has 0 saturated heterocycles. The van der Waals surface area contributed by atoms with Crippen molar-refractivity contribution < 1.29 is 18.0 Å². The Kier molecular flexibility index (Phi) is 5.12. The zero-order valence-electron chi connectivity index (χ0n) is 15.5. The quantitative estimate of drug-likeness (QED) is 0.693. The Labute approximate surface area is 165 Å². The van der Waals surface area contributed by atoms with E-state index in [9.17, 15) is 18.0 Å². The van der Waals surface area contributed by atoms with E-state index in [4.69, 9.17) is 0 Å². The number of pyridine rings is 2. The van der Waals surface area contributed by atoms with E-state index in [1.807, 2.05) is 0 Å². The van der Waals surface area contributed by atoms with E-state index in [1.54, 1.807) is 36.5 Å². The summed E-state index contributed by atoms with van der Waals surface area (Å²) in [6, 6.07) is 8.60. The highest BCUT2D eigenvalue weighted by atomic mass is 19.4.